The molecule has 21 heavy (non-hydrogen) atoms. The number of rotatable bonds is 3. The number of para-hydroxylation sites is 1. The molecule has 6 nitrogen and oxygen atoms in total. The lowest BCUT2D eigenvalue weighted by Gasteiger charge is -2.70. The monoisotopic (exact) mass is 306 g/mol. The molecule has 0 unspecified atom stereocenters. The largest absolute Gasteiger partial charge is 0.481 e. The highest BCUT2D eigenvalue weighted by atomic mass is 35.5. The van der Waals surface area contributed by atoms with Gasteiger partial charge in [-0.15, -0.1) is 0 Å². The maximum Gasteiger partial charge on any atom is 0.311 e. The molecule has 0 atom stereocenters. The van der Waals surface area contributed by atoms with E-state index < -0.39 is 28.8 Å². The molecule has 0 aliphatic heterocycles. The van der Waals surface area contributed by atoms with E-state index in [1.54, 1.807) is 18.2 Å². The molecule has 5 rings (SSSR count). The standard InChI is InChI=1S/C14H11ClN2O4/c15-9-7-3-1-2-4-8(7)17(16-9)10-13(11(18)19)5-14(10,6-13)12(20)21/h1-4,10H,5-6H2,(H,18,19)(H,20,21). The summed E-state index contributed by atoms with van der Waals surface area (Å²) in [6, 6.07) is 6.48. The lowest BCUT2D eigenvalue weighted by atomic mass is 9.31. The molecule has 3 aliphatic rings. The molecule has 1 aromatic carbocycles. The number of carbonyl (C=O) groups is 2. The van der Waals surface area contributed by atoms with Crippen LogP contribution in [0.1, 0.15) is 18.9 Å². The predicted octanol–water partition coefficient (Wildman–Crippen LogP) is 2.18. The van der Waals surface area contributed by atoms with Crippen molar-refractivity contribution in [3.8, 4) is 0 Å². The summed E-state index contributed by atoms with van der Waals surface area (Å²) in [6.45, 7) is 0. The maximum absolute atomic E-state index is 11.6. The summed E-state index contributed by atoms with van der Waals surface area (Å²) in [6.07, 6.45) is 0.308. The summed E-state index contributed by atoms with van der Waals surface area (Å²) < 4.78 is 1.49. The smallest absolute Gasteiger partial charge is 0.311 e. The van der Waals surface area contributed by atoms with E-state index in [0.717, 1.165) is 0 Å². The van der Waals surface area contributed by atoms with E-state index in [-0.39, 0.29) is 18.0 Å². The second kappa shape index (κ2) is 3.57. The molecule has 0 amide bonds. The molecule has 2 aromatic rings. The van der Waals surface area contributed by atoms with Gasteiger partial charge in [-0.3, -0.25) is 14.3 Å². The van der Waals surface area contributed by atoms with E-state index in [1.165, 1.54) is 4.68 Å². The first-order valence-electron chi connectivity index (χ1n) is 6.52. The van der Waals surface area contributed by atoms with Crippen molar-refractivity contribution in [1.82, 2.24) is 9.78 Å². The van der Waals surface area contributed by atoms with Gasteiger partial charge in [0.05, 0.1) is 22.4 Å². The quantitative estimate of drug-likeness (QED) is 0.906. The van der Waals surface area contributed by atoms with Gasteiger partial charge < -0.3 is 10.2 Å². The Balaban J connectivity index is 1.92. The van der Waals surface area contributed by atoms with E-state index in [0.29, 0.717) is 10.9 Å². The fourth-order valence-electron chi connectivity index (χ4n) is 3.98. The van der Waals surface area contributed by atoms with E-state index in [1.807, 2.05) is 6.07 Å². The lowest BCUT2D eigenvalue weighted by Crippen LogP contribution is -2.76. The van der Waals surface area contributed by atoms with Gasteiger partial charge in [0.25, 0.3) is 0 Å². The van der Waals surface area contributed by atoms with Crippen molar-refractivity contribution >= 4 is 34.4 Å². The van der Waals surface area contributed by atoms with Crippen LogP contribution in [0.2, 0.25) is 5.15 Å². The second-order valence-electron chi connectivity index (χ2n) is 5.93. The Morgan fingerprint density at radius 3 is 2.33 bits per heavy atom. The fourth-order valence-corrected chi connectivity index (χ4v) is 4.22. The Morgan fingerprint density at radius 1 is 1.19 bits per heavy atom. The van der Waals surface area contributed by atoms with Crippen molar-refractivity contribution in [2.24, 2.45) is 10.8 Å². The first kappa shape index (κ1) is 12.6. The van der Waals surface area contributed by atoms with Gasteiger partial charge in [-0.2, -0.15) is 5.10 Å². The molecule has 1 heterocycles. The third-order valence-corrected chi connectivity index (χ3v) is 5.25. The Labute approximate surface area is 123 Å². The number of halogens is 1. The molecule has 7 heteroatoms. The molecule has 0 spiro atoms. The Kier molecular flexibility index (Phi) is 2.15. The van der Waals surface area contributed by atoms with Crippen molar-refractivity contribution < 1.29 is 19.8 Å². The SMILES string of the molecule is O=C(O)C12CC(C(=O)O)(C1)C2n1nc(Cl)c2ccccc21. The van der Waals surface area contributed by atoms with Gasteiger partial charge in [0.1, 0.15) is 0 Å². The first-order valence-corrected chi connectivity index (χ1v) is 6.90. The number of hydrogen-bond donors (Lipinski definition) is 2. The Bertz CT molecular complexity index is 780. The molecule has 1 aromatic heterocycles. The number of carboxylic acid groups (broad SMARTS) is 2. The van der Waals surface area contributed by atoms with Crippen molar-refractivity contribution in [3.63, 3.8) is 0 Å². The van der Waals surface area contributed by atoms with Gasteiger partial charge >= 0.3 is 11.9 Å². The summed E-state index contributed by atoms with van der Waals surface area (Å²) in [4.78, 5) is 23.1. The molecule has 2 N–H and O–H groups in total. The van der Waals surface area contributed by atoms with Crippen LogP contribution in [0, 0.1) is 10.8 Å². The molecular weight excluding hydrogens is 296 g/mol. The summed E-state index contributed by atoms with van der Waals surface area (Å²) in [5.74, 6) is -1.93. The van der Waals surface area contributed by atoms with Crippen molar-refractivity contribution in [2.45, 2.75) is 18.9 Å². The number of nitrogens with zero attached hydrogens (tertiary/aromatic N) is 2. The van der Waals surface area contributed by atoms with Crippen LogP contribution in [-0.4, -0.2) is 31.9 Å². The predicted molar refractivity (Wildman–Crippen MR) is 73.2 cm³/mol. The molecule has 0 radical (unpaired) electrons. The van der Waals surface area contributed by atoms with Gasteiger partial charge in [-0.1, -0.05) is 23.7 Å². The molecule has 3 saturated carbocycles. The van der Waals surface area contributed by atoms with Gasteiger partial charge in [0.15, 0.2) is 5.15 Å². The molecule has 108 valence electrons. The highest BCUT2D eigenvalue weighted by molar-refractivity contribution is 6.34. The minimum Gasteiger partial charge on any atom is -0.481 e. The summed E-state index contributed by atoms with van der Waals surface area (Å²) in [5, 5.41) is 24.1. The van der Waals surface area contributed by atoms with Gasteiger partial charge in [0.2, 0.25) is 0 Å². The van der Waals surface area contributed by atoms with Crippen molar-refractivity contribution in [2.75, 3.05) is 0 Å². The van der Waals surface area contributed by atoms with E-state index in [4.69, 9.17) is 11.6 Å². The van der Waals surface area contributed by atoms with Crippen molar-refractivity contribution in [1.29, 1.82) is 0 Å². The van der Waals surface area contributed by atoms with E-state index >= 15 is 0 Å². The second-order valence-corrected chi connectivity index (χ2v) is 6.29. The molecule has 3 fully saturated rings. The van der Waals surface area contributed by atoms with Crippen LogP contribution in [0.25, 0.3) is 10.9 Å². The van der Waals surface area contributed by atoms with E-state index in [9.17, 15) is 19.8 Å². The van der Waals surface area contributed by atoms with Crippen LogP contribution >= 0.6 is 11.6 Å². The highest BCUT2D eigenvalue weighted by Gasteiger charge is 2.84. The van der Waals surface area contributed by atoms with Crippen LogP contribution in [0.15, 0.2) is 24.3 Å². The fraction of sp³-hybridized carbons (Fsp3) is 0.357. The topological polar surface area (TPSA) is 92.4 Å². The van der Waals surface area contributed by atoms with Crippen LogP contribution in [-0.2, 0) is 9.59 Å². The normalized spacial score (nSPS) is 33.3. The summed E-state index contributed by atoms with van der Waals surface area (Å²) in [5.41, 5.74) is -1.39. The average Bonchev–Trinajstić information content (AvgIpc) is 2.64. The van der Waals surface area contributed by atoms with Gasteiger partial charge in [-0.05, 0) is 25.0 Å². The minimum atomic E-state index is -1.03. The third kappa shape index (κ3) is 1.22. The number of fused-ring (bicyclic) bond motifs is 1. The minimum absolute atomic E-state index is 0.154. The van der Waals surface area contributed by atoms with Gasteiger partial charge in [-0.25, -0.2) is 0 Å². The lowest BCUT2D eigenvalue weighted by molar-refractivity contribution is -0.264. The number of carboxylic acids is 2. The molecule has 2 bridgehead atoms. The zero-order valence-electron chi connectivity index (χ0n) is 10.8. The van der Waals surface area contributed by atoms with Crippen molar-refractivity contribution in [3.05, 3.63) is 29.4 Å². The third-order valence-electron chi connectivity index (χ3n) is 4.97. The highest BCUT2D eigenvalue weighted by Crippen LogP contribution is 2.79. The van der Waals surface area contributed by atoms with Crippen LogP contribution in [0.5, 0.6) is 0 Å². The van der Waals surface area contributed by atoms with Gasteiger partial charge in [0, 0.05) is 5.39 Å². The number of aliphatic carboxylic acids is 2. The zero-order valence-corrected chi connectivity index (χ0v) is 11.5. The maximum atomic E-state index is 11.6. The Hall–Kier alpha value is -2.08. The van der Waals surface area contributed by atoms with E-state index in [2.05, 4.69) is 5.10 Å². The molecule has 3 aliphatic carbocycles. The number of aromatic nitrogens is 2. The summed E-state index contributed by atoms with van der Waals surface area (Å²) in [7, 11) is 0. The number of benzene rings is 1. The van der Waals surface area contributed by atoms with Crippen LogP contribution in [0.4, 0.5) is 0 Å². The van der Waals surface area contributed by atoms with Crippen LogP contribution in [0.3, 0.4) is 0 Å². The van der Waals surface area contributed by atoms with Crippen LogP contribution < -0.4 is 0 Å². The number of hydrogen-bond acceptors (Lipinski definition) is 3. The first-order chi connectivity index (χ1) is 9.92. The summed E-state index contributed by atoms with van der Waals surface area (Å²) >= 11 is 6.09. The Morgan fingerprint density at radius 2 is 1.76 bits per heavy atom. The average molecular weight is 307 g/mol. The zero-order chi connectivity index (χ0) is 15.0. The molecule has 0 saturated heterocycles. The molecular formula is C14H11ClN2O4.